The van der Waals surface area contributed by atoms with E-state index in [1.54, 1.807) is 24.3 Å². The van der Waals surface area contributed by atoms with E-state index >= 15 is 0 Å². The number of aromatic nitrogens is 2. The molecule has 1 aliphatic heterocycles. The maximum atomic E-state index is 14.1. The molecule has 3 rings (SSSR count). The zero-order chi connectivity index (χ0) is 19.4. The van der Waals surface area contributed by atoms with Crippen molar-refractivity contribution < 1.29 is 9.18 Å². The maximum absolute atomic E-state index is 14.1. The van der Waals surface area contributed by atoms with Crippen molar-refractivity contribution in [1.29, 1.82) is 0 Å². The number of aryl methyl sites for hydroxylation is 1. The fourth-order valence-electron chi connectivity index (χ4n) is 3.43. The van der Waals surface area contributed by atoms with Crippen molar-refractivity contribution >= 4 is 11.7 Å². The summed E-state index contributed by atoms with van der Waals surface area (Å²) in [6, 6.07) is 8.16. The van der Waals surface area contributed by atoms with Crippen molar-refractivity contribution in [1.82, 2.24) is 19.6 Å². The van der Waals surface area contributed by atoms with Gasteiger partial charge in [-0.15, -0.1) is 0 Å². The number of rotatable bonds is 6. The van der Waals surface area contributed by atoms with Crippen LogP contribution in [0.5, 0.6) is 0 Å². The molecule has 1 fully saturated rings. The Morgan fingerprint density at radius 1 is 1.19 bits per heavy atom. The summed E-state index contributed by atoms with van der Waals surface area (Å²) in [5, 5.41) is 7.21. The van der Waals surface area contributed by atoms with Gasteiger partial charge in [-0.3, -0.25) is 9.69 Å². The molecule has 27 heavy (non-hydrogen) atoms. The third kappa shape index (κ3) is 5.14. The first-order valence-electron chi connectivity index (χ1n) is 9.48. The summed E-state index contributed by atoms with van der Waals surface area (Å²) < 4.78 is 15.6. The molecule has 2 aromatic rings. The lowest BCUT2D eigenvalue weighted by molar-refractivity contribution is -0.117. The molecule has 2 heterocycles. The first kappa shape index (κ1) is 19.5. The normalized spacial score (nSPS) is 16.0. The second-order valence-corrected chi connectivity index (χ2v) is 7.55. The summed E-state index contributed by atoms with van der Waals surface area (Å²) in [4.78, 5) is 17.1. The van der Waals surface area contributed by atoms with Crippen LogP contribution in [-0.4, -0.2) is 64.8 Å². The van der Waals surface area contributed by atoms with Gasteiger partial charge >= 0.3 is 0 Å². The molecule has 6 nitrogen and oxygen atoms in total. The van der Waals surface area contributed by atoms with E-state index in [0.29, 0.717) is 24.0 Å². The molecule has 0 atom stereocenters. The predicted molar refractivity (Wildman–Crippen MR) is 105 cm³/mol. The number of anilines is 1. The standard InChI is InChI=1S/C20H28FN5O/c1-15(2)13-24-8-10-25(11-9-24)14-20(27)22-19-12-16(3)23-26(19)18-7-5-4-6-17(18)21/h4-7,12,15H,8-11,13-14H2,1-3H3,(H,22,27). The number of para-hydroxylation sites is 1. The number of carbonyl (C=O) groups excluding carboxylic acids is 1. The van der Waals surface area contributed by atoms with Crippen LogP contribution in [0.4, 0.5) is 10.2 Å². The number of benzene rings is 1. The number of nitrogens with one attached hydrogen (secondary N) is 1. The molecule has 0 saturated carbocycles. The highest BCUT2D eigenvalue weighted by Crippen LogP contribution is 2.19. The summed E-state index contributed by atoms with van der Waals surface area (Å²) >= 11 is 0. The molecule has 1 aromatic heterocycles. The molecule has 1 aromatic carbocycles. The molecule has 1 aliphatic rings. The summed E-state index contributed by atoms with van der Waals surface area (Å²) in [5.74, 6) is 0.657. The molecule has 0 radical (unpaired) electrons. The Hall–Kier alpha value is -2.25. The minimum Gasteiger partial charge on any atom is -0.309 e. The third-order valence-corrected chi connectivity index (χ3v) is 4.64. The number of halogens is 1. The van der Waals surface area contributed by atoms with Crippen molar-refractivity contribution in [3.63, 3.8) is 0 Å². The van der Waals surface area contributed by atoms with Crippen molar-refractivity contribution in [2.75, 3.05) is 44.6 Å². The highest BCUT2D eigenvalue weighted by Gasteiger charge is 2.20. The van der Waals surface area contributed by atoms with Gasteiger partial charge in [0.15, 0.2) is 0 Å². The van der Waals surface area contributed by atoms with Gasteiger partial charge in [0, 0.05) is 38.8 Å². The van der Waals surface area contributed by atoms with Crippen LogP contribution in [-0.2, 0) is 4.79 Å². The average Bonchev–Trinajstić information content (AvgIpc) is 2.96. The Labute approximate surface area is 160 Å². The first-order chi connectivity index (χ1) is 12.9. The molecule has 146 valence electrons. The van der Waals surface area contributed by atoms with Crippen LogP contribution >= 0.6 is 0 Å². The maximum Gasteiger partial charge on any atom is 0.239 e. The van der Waals surface area contributed by atoms with Gasteiger partial charge in [-0.25, -0.2) is 9.07 Å². The highest BCUT2D eigenvalue weighted by atomic mass is 19.1. The Kier molecular flexibility index (Phi) is 6.23. The molecule has 0 unspecified atom stereocenters. The molecule has 1 amide bonds. The van der Waals surface area contributed by atoms with Crippen LogP contribution in [0.25, 0.3) is 5.69 Å². The first-order valence-corrected chi connectivity index (χ1v) is 9.48. The fraction of sp³-hybridized carbons (Fsp3) is 0.500. The summed E-state index contributed by atoms with van der Waals surface area (Å²) in [7, 11) is 0. The highest BCUT2D eigenvalue weighted by molar-refractivity contribution is 5.91. The van der Waals surface area contributed by atoms with Crippen LogP contribution in [0.3, 0.4) is 0 Å². The lowest BCUT2D eigenvalue weighted by atomic mass is 10.2. The Morgan fingerprint density at radius 3 is 2.52 bits per heavy atom. The Bertz CT molecular complexity index is 780. The number of nitrogens with zero attached hydrogens (tertiary/aromatic N) is 4. The van der Waals surface area contributed by atoms with Crippen molar-refractivity contribution in [3.8, 4) is 5.69 Å². The second kappa shape index (κ2) is 8.63. The minimum absolute atomic E-state index is 0.107. The van der Waals surface area contributed by atoms with Crippen molar-refractivity contribution in [2.45, 2.75) is 20.8 Å². The molecule has 1 saturated heterocycles. The minimum atomic E-state index is -0.377. The molecule has 1 N–H and O–H groups in total. The Morgan fingerprint density at radius 2 is 1.85 bits per heavy atom. The zero-order valence-electron chi connectivity index (χ0n) is 16.3. The smallest absolute Gasteiger partial charge is 0.239 e. The van der Waals surface area contributed by atoms with E-state index in [-0.39, 0.29) is 11.7 Å². The van der Waals surface area contributed by atoms with Crippen molar-refractivity contribution in [2.24, 2.45) is 5.92 Å². The summed E-state index contributed by atoms with van der Waals surface area (Å²) in [6.45, 7) is 11.4. The van der Waals surface area contributed by atoms with Crippen LogP contribution in [0.2, 0.25) is 0 Å². The number of hydrogen-bond donors (Lipinski definition) is 1. The van der Waals surface area contributed by atoms with Crippen LogP contribution < -0.4 is 5.32 Å². The number of amides is 1. The number of carbonyl (C=O) groups is 1. The monoisotopic (exact) mass is 373 g/mol. The summed E-state index contributed by atoms with van der Waals surface area (Å²) in [5.41, 5.74) is 1.04. The van der Waals surface area contributed by atoms with Gasteiger partial charge in [0.25, 0.3) is 0 Å². The van der Waals surface area contributed by atoms with Gasteiger partial charge in [-0.1, -0.05) is 26.0 Å². The topological polar surface area (TPSA) is 53.4 Å². The van der Waals surface area contributed by atoms with Crippen LogP contribution in [0, 0.1) is 18.7 Å². The lowest BCUT2D eigenvalue weighted by Gasteiger charge is -2.35. The van der Waals surface area contributed by atoms with Gasteiger partial charge < -0.3 is 10.2 Å². The van der Waals surface area contributed by atoms with E-state index in [9.17, 15) is 9.18 Å². The van der Waals surface area contributed by atoms with Gasteiger partial charge in [0.05, 0.1) is 12.2 Å². The summed E-state index contributed by atoms with van der Waals surface area (Å²) in [6.07, 6.45) is 0. The molecule has 7 heteroatoms. The number of hydrogen-bond acceptors (Lipinski definition) is 4. The van der Waals surface area contributed by atoms with Gasteiger partial charge in [-0.2, -0.15) is 5.10 Å². The third-order valence-electron chi connectivity index (χ3n) is 4.64. The quantitative estimate of drug-likeness (QED) is 0.845. The Balaban J connectivity index is 1.60. The number of piperazine rings is 1. The predicted octanol–water partition coefficient (Wildman–Crippen LogP) is 2.53. The van der Waals surface area contributed by atoms with Gasteiger partial charge in [-0.05, 0) is 25.0 Å². The van der Waals surface area contributed by atoms with Gasteiger partial charge in [0.1, 0.15) is 17.3 Å². The molecular formula is C20H28FN5O. The average molecular weight is 373 g/mol. The van der Waals surface area contributed by atoms with E-state index in [4.69, 9.17) is 0 Å². The lowest BCUT2D eigenvalue weighted by Crippen LogP contribution is -2.49. The molecular weight excluding hydrogens is 345 g/mol. The molecule has 0 bridgehead atoms. The SMILES string of the molecule is Cc1cc(NC(=O)CN2CCN(CC(C)C)CC2)n(-c2ccccc2F)n1. The molecule has 0 aliphatic carbocycles. The van der Waals surface area contributed by atoms with Gasteiger partial charge in [0.2, 0.25) is 5.91 Å². The van der Waals surface area contributed by atoms with E-state index < -0.39 is 0 Å². The van der Waals surface area contributed by atoms with Crippen LogP contribution in [0.15, 0.2) is 30.3 Å². The second-order valence-electron chi connectivity index (χ2n) is 7.55. The van der Waals surface area contributed by atoms with E-state index in [0.717, 1.165) is 38.4 Å². The fourth-order valence-corrected chi connectivity index (χ4v) is 3.43. The van der Waals surface area contributed by atoms with E-state index in [2.05, 4.69) is 34.1 Å². The van der Waals surface area contributed by atoms with E-state index in [1.165, 1.54) is 10.7 Å². The van der Waals surface area contributed by atoms with Crippen LogP contribution in [0.1, 0.15) is 19.5 Å². The van der Waals surface area contributed by atoms with E-state index in [1.807, 2.05) is 6.92 Å². The largest absolute Gasteiger partial charge is 0.309 e. The van der Waals surface area contributed by atoms with Crippen molar-refractivity contribution in [3.05, 3.63) is 41.8 Å². The zero-order valence-corrected chi connectivity index (χ0v) is 16.3. The molecule has 0 spiro atoms.